The van der Waals surface area contributed by atoms with E-state index in [1.165, 1.54) is 15.9 Å². The number of fused-ring (bicyclic) bond motifs is 1. The lowest BCUT2D eigenvalue weighted by Gasteiger charge is -2.27. The first-order valence-electron chi connectivity index (χ1n) is 11.1. The number of hydrogen-bond acceptors (Lipinski definition) is 7. The maximum atomic E-state index is 13.1. The van der Waals surface area contributed by atoms with Gasteiger partial charge in [-0.15, -0.1) is 16.4 Å². The molecular formula is C25H28N6O3S. The number of nitrogens with zero attached hydrogens (tertiary/aromatic N) is 3. The number of nitrogens with two attached hydrogens (primary N) is 1. The molecule has 0 aliphatic rings. The molecule has 0 atom stereocenters. The third kappa shape index (κ3) is 5.12. The highest BCUT2D eigenvalue weighted by Crippen LogP contribution is 2.29. The number of aromatic nitrogens is 3. The summed E-state index contributed by atoms with van der Waals surface area (Å²) in [6, 6.07) is 11.1. The van der Waals surface area contributed by atoms with Crippen LogP contribution < -0.4 is 21.1 Å². The smallest absolute Gasteiger partial charge is 0.262 e. The van der Waals surface area contributed by atoms with E-state index < -0.39 is 5.54 Å². The maximum absolute atomic E-state index is 13.1. The van der Waals surface area contributed by atoms with Gasteiger partial charge in [-0.05, 0) is 68.5 Å². The molecule has 4 rings (SSSR count). The molecule has 182 valence electrons. The Balaban J connectivity index is 1.63. The predicted molar refractivity (Wildman–Crippen MR) is 137 cm³/mol. The molecule has 35 heavy (non-hydrogen) atoms. The molecule has 10 heteroatoms. The quantitative estimate of drug-likeness (QED) is 0.360. The van der Waals surface area contributed by atoms with Crippen LogP contribution in [0.2, 0.25) is 0 Å². The zero-order valence-corrected chi connectivity index (χ0v) is 21.1. The Morgan fingerprint density at radius 3 is 2.63 bits per heavy atom. The fraction of sp³-hybridized carbons (Fsp3) is 0.280. The minimum Gasteiger partial charge on any atom is -0.497 e. The average Bonchev–Trinajstić information content (AvgIpc) is 3.44. The molecule has 3 aromatic heterocycles. The average molecular weight is 493 g/mol. The molecule has 9 nitrogen and oxygen atoms in total. The van der Waals surface area contributed by atoms with Gasteiger partial charge in [0.2, 0.25) is 5.95 Å². The number of nitrogens with one attached hydrogen (secondary N) is 2. The van der Waals surface area contributed by atoms with Crippen LogP contribution in [0.3, 0.4) is 0 Å². The van der Waals surface area contributed by atoms with Crippen LogP contribution in [0.1, 0.15) is 53.3 Å². The largest absolute Gasteiger partial charge is 0.497 e. The summed E-state index contributed by atoms with van der Waals surface area (Å²) in [5, 5.41) is 12.0. The van der Waals surface area contributed by atoms with Gasteiger partial charge in [0.05, 0.1) is 23.1 Å². The van der Waals surface area contributed by atoms with Crippen molar-refractivity contribution in [2.45, 2.75) is 39.3 Å². The van der Waals surface area contributed by atoms with Gasteiger partial charge in [0.1, 0.15) is 5.75 Å². The molecule has 2 amide bonds. The minimum absolute atomic E-state index is 0.0455. The number of anilines is 1. The Bertz CT molecular complexity index is 1410. The second kappa shape index (κ2) is 9.38. The Labute approximate surface area is 207 Å². The number of carbonyl (C=O) groups excluding carboxylic acids is 2. The molecular weight excluding hydrogens is 464 g/mol. The van der Waals surface area contributed by atoms with E-state index in [-0.39, 0.29) is 23.8 Å². The number of ether oxygens (including phenoxy) is 1. The number of rotatable bonds is 7. The first-order chi connectivity index (χ1) is 16.6. The number of methoxy groups -OCH3 is 1. The molecule has 0 aliphatic carbocycles. The second-order valence-corrected chi connectivity index (χ2v) is 9.93. The molecule has 0 spiro atoms. The maximum Gasteiger partial charge on any atom is 0.262 e. The topological polar surface area (TPSA) is 124 Å². The third-order valence-electron chi connectivity index (χ3n) is 5.49. The van der Waals surface area contributed by atoms with Crippen molar-refractivity contribution < 1.29 is 14.3 Å². The highest BCUT2D eigenvalue weighted by molar-refractivity contribution is 7.12. The summed E-state index contributed by atoms with van der Waals surface area (Å²) in [5.74, 6) is 0.334. The van der Waals surface area contributed by atoms with E-state index in [0.29, 0.717) is 16.1 Å². The van der Waals surface area contributed by atoms with Crippen LogP contribution in [0.4, 0.5) is 5.95 Å². The molecule has 4 N–H and O–H groups in total. The van der Waals surface area contributed by atoms with Crippen LogP contribution in [0.15, 0.2) is 48.0 Å². The fourth-order valence-electron chi connectivity index (χ4n) is 3.70. The summed E-state index contributed by atoms with van der Waals surface area (Å²) in [4.78, 5) is 30.6. The van der Waals surface area contributed by atoms with E-state index in [1.54, 1.807) is 25.4 Å². The van der Waals surface area contributed by atoms with Gasteiger partial charge >= 0.3 is 0 Å². The Kier molecular flexibility index (Phi) is 6.49. The number of amides is 2. The number of carbonyl (C=O) groups is 2. The zero-order chi connectivity index (χ0) is 25.3. The van der Waals surface area contributed by atoms with Crippen LogP contribution in [0.5, 0.6) is 5.75 Å². The molecule has 0 saturated heterocycles. The highest BCUT2D eigenvalue weighted by Gasteiger charge is 2.25. The van der Waals surface area contributed by atoms with Crippen LogP contribution in [0, 0.1) is 0 Å². The summed E-state index contributed by atoms with van der Waals surface area (Å²) >= 11 is 1.32. The molecule has 0 unspecified atom stereocenters. The number of hydrogen-bond donors (Lipinski definition) is 3. The van der Waals surface area contributed by atoms with Crippen molar-refractivity contribution in [2.24, 2.45) is 0 Å². The SMILES string of the molecule is COc1cccc(C(C)(C)NC(=O)c2cc(-c3cc(C(=O)NC(C)C)c4nc(N)nn4c3)cs2)c1. The Morgan fingerprint density at radius 2 is 1.91 bits per heavy atom. The van der Waals surface area contributed by atoms with Crippen molar-refractivity contribution in [2.75, 3.05) is 12.8 Å². The van der Waals surface area contributed by atoms with E-state index in [2.05, 4.69) is 20.7 Å². The van der Waals surface area contributed by atoms with Crippen LogP contribution >= 0.6 is 11.3 Å². The summed E-state index contributed by atoms with van der Waals surface area (Å²) in [6.45, 7) is 7.65. The standard InChI is InChI=1S/C25H28N6O3S/c1-14(2)27-22(32)19-9-15(12-31-21(19)28-24(26)30-31)16-10-20(35-13-16)23(33)29-25(3,4)17-7-6-8-18(11-17)34-5/h6-14H,1-5H3,(H2,26,30)(H,27,32)(H,29,33). The molecule has 0 aliphatic heterocycles. The lowest BCUT2D eigenvalue weighted by molar-refractivity contribution is 0.0913. The monoisotopic (exact) mass is 492 g/mol. The molecule has 1 aromatic carbocycles. The van der Waals surface area contributed by atoms with Gasteiger partial charge in [0.25, 0.3) is 11.8 Å². The fourth-order valence-corrected chi connectivity index (χ4v) is 4.51. The molecule has 0 bridgehead atoms. The van der Waals surface area contributed by atoms with Gasteiger partial charge in [0, 0.05) is 17.8 Å². The van der Waals surface area contributed by atoms with Crippen molar-refractivity contribution >= 4 is 34.7 Å². The summed E-state index contributed by atoms with van der Waals surface area (Å²) in [7, 11) is 1.61. The Hall–Kier alpha value is -3.92. The van der Waals surface area contributed by atoms with Gasteiger partial charge < -0.3 is 21.1 Å². The summed E-state index contributed by atoms with van der Waals surface area (Å²) < 4.78 is 6.80. The van der Waals surface area contributed by atoms with E-state index in [1.807, 2.05) is 57.3 Å². The molecule has 0 saturated carbocycles. The van der Waals surface area contributed by atoms with Crippen molar-refractivity contribution in [3.8, 4) is 16.9 Å². The number of pyridine rings is 1. The first-order valence-corrected chi connectivity index (χ1v) is 12.0. The van der Waals surface area contributed by atoms with Crippen molar-refractivity contribution in [1.82, 2.24) is 25.2 Å². The van der Waals surface area contributed by atoms with E-state index in [0.717, 1.165) is 22.4 Å². The van der Waals surface area contributed by atoms with Gasteiger partial charge in [-0.3, -0.25) is 9.59 Å². The number of benzene rings is 1. The summed E-state index contributed by atoms with van der Waals surface area (Å²) in [6.07, 6.45) is 1.74. The highest BCUT2D eigenvalue weighted by atomic mass is 32.1. The van der Waals surface area contributed by atoms with E-state index >= 15 is 0 Å². The molecule has 3 heterocycles. The van der Waals surface area contributed by atoms with Gasteiger partial charge in [-0.2, -0.15) is 4.98 Å². The van der Waals surface area contributed by atoms with Crippen LogP contribution in [-0.4, -0.2) is 39.6 Å². The molecule has 0 fully saturated rings. The number of thiophene rings is 1. The first kappa shape index (κ1) is 24.2. The van der Waals surface area contributed by atoms with Crippen LogP contribution in [-0.2, 0) is 5.54 Å². The lowest BCUT2D eigenvalue weighted by atomic mass is 9.94. The van der Waals surface area contributed by atoms with Crippen molar-refractivity contribution in [1.29, 1.82) is 0 Å². The Morgan fingerprint density at radius 1 is 1.14 bits per heavy atom. The van der Waals surface area contributed by atoms with Gasteiger partial charge in [-0.1, -0.05) is 12.1 Å². The van der Waals surface area contributed by atoms with Crippen molar-refractivity contribution in [3.05, 3.63) is 64.0 Å². The predicted octanol–water partition coefficient (Wildman–Crippen LogP) is 3.85. The van der Waals surface area contributed by atoms with Gasteiger partial charge in [0.15, 0.2) is 5.65 Å². The minimum atomic E-state index is -0.616. The van der Waals surface area contributed by atoms with Gasteiger partial charge in [-0.25, -0.2) is 4.52 Å². The van der Waals surface area contributed by atoms with Crippen LogP contribution in [0.25, 0.3) is 16.8 Å². The lowest BCUT2D eigenvalue weighted by Crippen LogP contribution is -2.40. The molecule has 4 aromatic rings. The zero-order valence-electron chi connectivity index (χ0n) is 20.2. The van der Waals surface area contributed by atoms with E-state index in [4.69, 9.17) is 10.5 Å². The third-order valence-corrected chi connectivity index (χ3v) is 6.42. The summed E-state index contributed by atoms with van der Waals surface area (Å²) in [5.41, 5.74) is 8.33. The number of nitrogen functional groups attached to an aromatic ring is 1. The molecule has 0 radical (unpaired) electrons. The van der Waals surface area contributed by atoms with Crippen molar-refractivity contribution in [3.63, 3.8) is 0 Å². The van der Waals surface area contributed by atoms with E-state index in [9.17, 15) is 9.59 Å². The second-order valence-electron chi connectivity index (χ2n) is 9.02. The normalized spacial score (nSPS) is 11.6.